The van der Waals surface area contributed by atoms with Crippen molar-refractivity contribution in [3.05, 3.63) is 88.2 Å². The molecule has 2 aromatic carbocycles. The summed E-state index contributed by atoms with van der Waals surface area (Å²) >= 11 is 0. The molecule has 0 unspecified atom stereocenters. The van der Waals surface area contributed by atoms with Crippen molar-refractivity contribution in [2.24, 2.45) is 0 Å². The Labute approximate surface area is 145 Å². The van der Waals surface area contributed by atoms with Crippen molar-refractivity contribution in [1.29, 1.82) is 0 Å². The highest BCUT2D eigenvalue weighted by atomic mass is 16.5. The van der Waals surface area contributed by atoms with Gasteiger partial charge in [-0.25, -0.2) is 4.79 Å². The van der Waals surface area contributed by atoms with Gasteiger partial charge in [0.05, 0.1) is 12.1 Å². The van der Waals surface area contributed by atoms with Gasteiger partial charge in [-0.2, -0.15) is 0 Å². The molecule has 25 heavy (non-hydrogen) atoms. The van der Waals surface area contributed by atoms with Gasteiger partial charge in [0, 0.05) is 19.6 Å². The Hall–Kier alpha value is -2.70. The summed E-state index contributed by atoms with van der Waals surface area (Å²) in [6.07, 6.45) is 0. The number of rotatable bonds is 4. The molecule has 0 aliphatic carbocycles. The molecule has 3 aromatic rings. The minimum atomic E-state index is -0.517. The largest absolute Gasteiger partial charge is 0.438 e. The van der Waals surface area contributed by atoms with Gasteiger partial charge in [-0.3, -0.25) is 14.4 Å². The number of hydrogen-bond donors (Lipinski definition) is 2. The van der Waals surface area contributed by atoms with Crippen LogP contribution < -0.4 is 11.1 Å². The summed E-state index contributed by atoms with van der Waals surface area (Å²) in [5, 5.41) is 7.32. The molecule has 1 saturated heterocycles. The molecule has 1 fully saturated rings. The number of H-pyrrole nitrogens is 1. The SMILES string of the molecule is O=c1[nH]c([C@@H]2CNCCN2C(c2ccccc2)c2ccccc2)no1. The molecule has 0 amide bonds. The average molecular weight is 336 g/mol. The van der Waals surface area contributed by atoms with Gasteiger partial charge in [0.25, 0.3) is 0 Å². The Morgan fingerprint density at radius 3 is 2.24 bits per heavy atom. The van der Waals surface area contributed by atoms with Crippen LogP contribution in [0, 0.1) is 0 Å². The summed E-state index contributed by atoms with van der Waals surface area (Å²) in [5.74, 6) is 0.0468. The molecular formula is C19H20N4O2. The van der Waals surface area contributed by atoms with E-state index in [2.05, 4.69) is 68.9 Å². The Kier molecular flexibility index (Phi) is 4.45. The predicted molar refractivity (Wildman–Crippen MR) is 94.2 cm³/mol. The van der Waals surface area contributed by atoms with Crippen LogP contribution in [0.2, 0.25) is 0 Å². The lowest BCUT2D eigenvalue weighted by atomic mass is 9.94. The quantitative estimate of drug-likeness (QED) is 0.763. The molecule has 2 heterocycles. The molecule has 1 atom stereocenters. The van der Waals surface area contributed by atoms with Gasteiger partial charge >= 0.3 is 5.76 Å². The van der Waals surface area contributed by atoms with Crippen LogP contribution in [-0.4, -0.2) is 34.7 Å². The third-order valence-electron chi connectivity index (χ3n) is 4.62. The van der Waals surface area contributed by atoms with E-state index in [1.54, 1.807) is 0 Å². The van der Waals surface area contributed by atoms with E-state index in [1.807, 2.05) is 12.1 Å². The Morgan fingerprint density at radius 1 is 1.04 bits per heavy atom. The molecule has 128 valence electrons. The molecule has 1 aliphatic heterocycles. The lowest BCUT2D eigenvalue weighted by Crippen LogP contribution is -2.48. The van der Waals surface area contributed by atoms with Crippen molar-refractivity contribution in [3.8, 4) is 0 Å². The highest BCUT2D eigenvalue weighted by molar-refractivity contribution is 5.32. The molecule has 4 rings (SSSR count). The summed E-state index contributed by atoms with van der Waals surface area (Å²) in [5.41, 5.74) is 2.43. The predicted octanol–water partition coefficient (Wildman–Crippen LogP) is 2.10. The minimum Gasteiger partial charge on any atom is -0.313 e. The summed E-state index contributed by atoms with van der Waals surface area (Å²) in [6, 6.07) is 20.9. The fourth-order valence-corrected chi connectivity index (χ4v) is 3.51. The van der Waals surface area contributed by atoms with E-state index in [0.717, 1.165) is 13.1 Å². The molecule has 1 aromatic heterocycles. The van der Waals surface area contributed by atoms with E-state index < -0.39 is 5.76 Å². The topological polar surface area (TPSA) is 74.2 Å². The van der Waals surface area contributed by atoms with Gasteiger partial charge in [0.2, 0.25) is 0 Å². The van der Waals surface area contributed by atoms with Crippen LogP contribution in [0.1, 0.15) is 29.0 Å². The van der Waals surface area contributed by atoms with Crippen LogP contribution in [-0.2, 0) is 0 Å². The summed E-state index contributed by atoms with van der Waals surface area (Å²) in [7, 11) is 0. The van der Waals surface area contributed by atoms with Gasteiger partial charge in [0.1, 0.15) is 0 Å². The number of aromatic nitrogens is 2. The van der Waals surface area contributed by atoms with Crippen LogP contribution in [0.5, 0.6) is 0 Å². The maximum Gasteiger partial charge on any atom is 0.438 e. The van der Waals surface area contributed by atoms with Crippen LogP contribution >= 0.6 is 0 Å². The van der Waals surface area contributed by atoms with E-state index >= 15 is 0 Å². The summed E-state index contributed by atoms with van der Waals surface area (Å²) < 4.78 is 4.74. The second kappa shape index (κ2) is 7.04. The van der Waals surface area contributed by atoms with Crippen LogP contribution in [0.4, 0.5) is 0 Å². The fraction of sp³-hybridized carbons (Fsp3) is 0.263. The Bertz CT molecular complexity index is 820. The number of aromatic amines is 1. The standard InChI is InChI=1S/C19H20N4O2/c24-19-21-18(22-25-19)16-13-20-11-12-23(16)17(14-7-3-1-4-8-14)15-9-5-2-6-10-15/h1-10,16-17,20H,11-13H2,(H,21,22,24)/t16-/m0/s1. The van der Waals surface area contributed by atoms with E-state index in [0.29, 0.717) is 12.4 Å². The van der Waals surface area contributed by atoms with E-state index in [-0.39, 0.29) is 12.1 Å². The van der Waals surface area contributed by atoms with Gasteiger partial charge in [-0.1, -0.05) is 65.8 Å². The first-order valence-electron chi connectivity index (χ1n) is 8.45. The monoisotopic (exact) mass is 336 g/mol. The van der Waals surface area contributed by atoms with Crippen molar-refractivity contribution < 1.29 is 4.52 Å². The first-order chi connectivity index (χ1) is 12.3. The van der Waals surface area contributed by atoms with Crippen LogP contribution in [0.25, 0.3) is 0 Å². The van der Waals surface area contributed by atoms with E-state index in [4.69, 9.17) is 4.52 Å². The van der Waals surface area contributed by atoms with E-state index in [9.17, 15) is 4.79 Å². The van der Waals surface area contributed by atoms with Crippen molar-refractivity contribution >= 4 is 0 Å². The molecule has 6 heteroatoms. The van der Waals surface area contributed by atoms with Crippen LogP contribution in [0.3, 0.4) is 0 Å². The minimum absolute atomic E-state index is 0.0642. The Morgan fingerprint density at radius 2 is 1.68 bits per heavy atom. The molecular weight excluding hydrogens is 316 g/mol. The van der Waals surface area contributed by atoms with Gasteiger partial charge in [0.15, 0.2) is 5.82 Å². The summed E-state index contributed by atoms with van der Waals surface area (Å²) in [4.78, 5) is 16.5. The lowest BCUT2D eigenvalue weighted by molar-refractivity contribution is 0.117. The lowest BCUT2D eigenvalue weighted by Gasteiger charge is -2.40. The zero-order chi connectivity index (χ0) is 17.1. The molecule has 1 aliphatic rings. The first-order valence-corrected chi connectivity index (χ1v) is 8.45. The fourth-order valence-electron chi connectivity index (χ4n) is 3.51. The zero-order valence-corrected chi connectivity index (χ0v) is 13.8. The zero-order valence-electron chi connectivity index (χ0n) is 13.8. The highest BCUT2D eigenvalue weighted by Gasteiger charge is 2.33. The van der Waals surface area contributed by atoms with Gasteiger partial charge in [-0.05, 0) is 11.1 Å². The smallest absolute Gasteiger partial charge is 0.313 e. The van der Waals surface area contributed by atoms with Crippen molar-refractivity contribution in [2.75, 3.05) is 19.6 Å². The number of hydrogen-bond acceptors (Lipinski definition) is 5. The molecule has 2 N–H and O–H groups in total. The highest BCUT2D eigenvalue weighted by Crippen LogP contribution is 2.35. The molecule has 0 bridgehead atoms. The maximum absolute atomic E-state index is 11.4. The number of nitrogens with one attached hydrogen (secondary N) is 2. The van der Waals surface area contributed by atoms with Crippen molar-refractivity contribution in [2.45, 2.75) is 12.1 Å². The third kappa shape index (κ3) is 3.26. The van der Waals surface area contributed by atoms with Crippen molar-refractivity contribution in [1.82, 2.24) is 20.4 Å². The Balaban J connectivity index is 1.78. The molecule has 0 saturated carbocycles. The number of nitrogens with zero attached hydrogens (tertiary/aromatic N) is 2. The van der Waals surface area contributed by atoms with Gasteiger partial charge in [-0.15, -0.1) is 0 Å². The van der Waals surface area contributed by atoms with Crippen LogP contribution in [0.15, 0.2) is 70.0 Å². The van der Waals surface area contributed by atoms with Crippen molar-refractivity contribution in [3.63, 3.8) is 0 Å². The second-order valence-electron chi connectivity index (χ2n) is 6.16. The normalized spacial score (nSPS) is 18.5. The average Bonchev–Trinajstić information content (AvgIpc) is 3.10. The third-order valence-corrected chi connectivity index (χ3v) is 4.62. The maximum atomic E-state index is 11.4. The molecule has 0 spiro atoms. The van der Waals surface area contributed by atoms with Gasteiger partial charge < -0.3 is 5.32 Å². The number of piperazine rings is 1. The molecule has 0 radical (unpaired) electrons. The van der Waals surface area contributed by atoms with E-state index in [1.165, 1.54) is 11.1 Å². The summed E-state index contributed by atoms with van der Waals surface area (Å²) in [6.45, 7) is 2.43. The second-order valence-corrected chi connectivity index (χ2v) is 6.16. The molecule has 6 nitrogen and oxygen atoms in total. The number of benzene rings is 2. The first kappa shape index (κ1) is 15.8.